The third kappa shape index (κ3) is 6.26. The monoisotopic (exact) mass is 408 g/mol. The molecule has 0 bridgehead atoms. The Labute approximate surface area is 178 Å². The number of nitrogens with one attached hydrogen (secondary N) is 1. The second kappa shape index (κ2) is 10.7. The number of rotatable bonds is 8. The number of hydrazine groups is 1. The van der Waals surface area contributed by atoms with E-state index in [1.807, 2.05) is 54.6 Å². The normalized spacial score (nSPS) is 15.3. The molecule has 0 radical (unpaired) electrons. The van der Waals surface area contributed by atoms with Gasteiger partial charge < -0.3 is 20.8 Å². The Morgan fingerprint density at radius 1 is 1.07 bits per heavy atom. The van der Waals surface area contributed by atoms with Gasteiger partial charge in [-0.2, -0.15) is 0 Å². The molecule has 0 spiro atoms. The fraction of sp³-hybridized carbons (Fsp3) is 0.375. The van der Waals surface area contributed by atoms with Crippen LogP contribution < -0.4 is 21.6 Å². The first-order chi connectivity index (χ1) is 14.5. The van der Waals surface area contributed by atoms with E-state index in [1.165, 1.54) is 24.3 Å². The minimum absolute atomic E-state index is 0.0791. The van der Waals surface area contributed by atoms with Crippen LogP contribution in [0.2, 0.25) is 0 Å². The van der Waals surface area contributed by atoms with E-state index < -0.39 is 0 Å². The zero-order valence-corrected chi connectivity index (χ0v) is 17.6. The Kier molecular flexibility index (Phi) is 7.74. The van der Waals surface area contributed by atoms with Gasteiger partial charge in [0.05, 0.1) is 30.5 Å². The molecule has 1 amide bonds. The Bertz CT molecular complexity index is 841. The predicted molar refractivity (Wildman–Crippen MR) is 120 cm³/mol. The molecule has 1 aliphatic rings. The minimum atomic E-state index is -0.0791. The molecule has 1 fully saturated rings. The number of ether oxygens (including phenoxy) is 1. The molecule has 0 atom stereocenters. The van der Waals surface area contributed by atoms with E-state index in [0.717, 1.165) is 29.7 Å². The van der Waals surface area contributed by atoms with Crippen molar-refractivity contribution < 1.29 is 9.53 Å². The van der Waals surface area contributed by atoms with Gasteiger partial charge in [0.1, 0.15) is 5.75 Å². The Hall–Kier alpha value is -2.99. The molecular weight excluding hydrogens is 376 g/mol. The first-order valence-electron chi connectivity index (χ1n) is 10.6. The Balaban J connectivity index is 1.62. The van der Waals surface area contributed by atoms with Crippen LogP contribution in [0.15, 0.2) is 60.3 Å². The summed E-state index contributed by atoms with van der Waals surface area (Å²) in [5.41, 5.74) is 9.37. The molecule has 1 saturated carbocycles. The van der Waals surface area contributed by atoms with Crippen LogP contribution in [-0.4, -0.2) is 30.6 Å². The van der Waals surface area contributed by atoms with E-state index >= 15 is 0 Å². The minimum Gasteiger partial charge on any atom is -0.490 e. The van der Waals surface area contributed by atoms with E-state index in [9.17, 15) is 4.79 Å². The zero-order valence-electron chi connectivity index (χ0n) is 17.6. The summed E-state index contributed by atoms with van der Waals surface area (Å²) < 4.78 is 6.08. The maximum Gasteiger partial charge on any atom is 0.224 e. The average Bonchev–Trinajstić information content (AvgIpc) is 2.75. The van der Waals surface area contributed by atoms with E-state index in [2.05, 4.69) is 5.32 Å². The smallest absolute Gasteiger partial charge is 0.224 e. The van der Waals surface area contributed by atoms with Crippen LogP contribution in [0, 0.1) is 0 Å². The maximum absolute atomic E-state index is 12.3. The van der Waals surface area contributed by atoms with Crippen molar-refractivity contribution >= 4 is 11.6 Å². The molecular formula is C24H32N4O2. The van der Waals surface area contributed by atoms with Crippen molar-refractivity contribution in [2.24, 2.45) is 11.6 Å². The number of carbonyl (C=O) groups excluding carboxylic acids is 1. The van der Waals surface area contributed by atoms with Crippen molar-refractivity contribution in [3.8, 4) is 5.75 Å². The van der Waals surface area contributed by atoms with Crippen molar-refractivity contribution in [3.05, 3.63) is 71.4 Å². The summed E-state index contributed by atoms with van der Waals surface area (Å²) in [6.07, 6.45) is 6.64. The average molecular weight is 409 g/mol. The first-order valence-corrected chi connectivity index (χ1v) is 10.6. The lowest BCUT2D eigenvalue weighted by Gasteiger charge is -2.23. The van der Waals surface area contributed by atoms with Gasteiger partial charge in [0, 0.05) is 7.05 Å². The van der Waals surface area contributed by atoms with Gasteiger partial charge >= 0.3 is 0 Å². The lowest BCUT2D eigenvalue weighted by atomic mass is 9.98. The lowest BCUT2D eigenvalue weighted by molar-refractivity contribution is -0.120. The van der Waals surface area contributed by atoms with Crippen molar-refractivity contribution in [3.63, 3.8) is 0 Å². The fourth-order valence-electron chi connectivity index (χ4n) is 3.69. The standard InChI is InChI=1S/C24H32N4O2/c1-28(26)22(17-27-23(29)16-18-8-4-2-5-9-18)24(25)19-12-14-21(15-13-19)30-20-10-6-3-7-11-20/h2,4-5,8-9,12-15,20H,3,6-7,10-11,16-17,25-26H2,1H3,(H,27,29)/b24-22-. The van der Waals surface area contributed by atoms with Crippen LogP contribution in [0.3, 0.4) is 0 Å². The highest BCUT2D eigenvalue weighted by atomic mass is 16.5. The van der Waals surface area contributed by atoms with Crippen LogP contribution in [0.25, 0.3) is 5.70 Å². The number of benzene rings is 2. The van der Waals surface area contributed by atoms with Gasteiger partial charge in [-0.25, -0.2) is 5.84 Å². The Morgan fingerprint density at radius 2 is 1.73 bits per heavy atom. The topological polar surface area (TPSA) is 93.6 Å². The number of nitrogens with zero attached hydrogens (tertiary/aromatic N) is 1. The quantitative estimate of drug-likeness (QED) is 0.461. The number of hydrogen-bond acceptors (Lipinski definition) is 5. The second-order valence-corrected chi connectivity index (χ2v) is 7.81. The molecule has 2 aromatic rings. The van der Waals surface area contributed by atoms with Gasteiger partial charge in [0.2, 0.25) is 5.91 Å². The molecule has 0 aromatic heterocycles. The highest BCUT2D eigenvalue weighted by Crippen LogP contribution is 2.25. The molecule has 0 aliphatic heterocycles. The molecule has 0 heterocycles. The number of nitrogens with two attached hydrogens (primary N) is 2. The second-order valence-electron chi connectivity index (χ2n) is 7.81. The van der Waals surface area contributed by atoms with Crippen molar-refractivity contribution in [2.75, 3.05) is 13.6 Å². The van der Waals surface area contributed by atoms with E-state index in [0.29, 0.717) is 23.9 Å². The number of hydrogen-bond donors (Lipinski definition) is 3. The van der Waals surface area contributed by atoms with Crippen LogP contribution in [0.1, 0.15) is 43.2 Å². The molecule has 6 heteroatoms. The van der Waals surface area contributed by atoms with Gasteiger partial charge in [-0.1, -0.05) is 36.8 Å². The van der Waals surface area contributed by atoms with Gasteiger partial charge in [0.15, 0.2) is 0 Å². The van der Waals surface area contributed by atoms with Gasteiger partial charge in [-0.15, -0.1) is 0 Å². The van der Waals surface area contributed by atoms with E-state index in [4.69, 9.17) is 16.3 Å². The summed E-state index contributed by atoms with van der Waals surface area (Å²) in [5, 5.41) is 4.35. The van der Waals surface area contributed by atoms with Crippen LogP contribution in [-0.2, 0) is 11.2 Å². The van der Waals surface area contributed by atoms with Gasteiger partial charge in [-0.3, -0.25) is 4.79 Å². The highest BCUT2D eigenvalue weighted by Gasteiger charge is 2.15. The molecule has 2 aromatic carbocycles. The third-order valence-corrected chi connectivity index (χ3v) is 5.42. The van der Waals surface area contributed by atoms with E-state index in [1.54, 1.807) is 7.05 Å². The Morgan fingerprint density at radius 3 is 2.37 bits per heavy atom. The van der Waals surface area contributed by atoms with Crippen molar-refractivity contribution in [2.45, 2.75) is 44.6 Å². The summed E-state index contributed by atoms with van der Waals surface area (Å²) in [6, 6.07) is 17.4. The molecule has 0 unspecified atom stereocenters. The number of carbonyl (C=O) groups is 1. The summed E-state index contributed by atoms with van der Waals surface area (Å²) in [7, 11) is 1.71. The molecule has 3 rings (SSSR count). The maximum atomic E-state index is 12.3. The number of amides is 1. The van der Waals surface area contributed by atoms with Crippen LogP contribution in [0.4, 0.5) is 0 Å². The highest BCUT2D eigenvalue weighted by molar-refractivity contribution is 5.79. The number of likely N-dealkylation sites (N-methyl/N-ethyl adjacent to an activating group) is 1. The molecule has 30 heavy (non-hydrogen) atoms. The fourth-order valence-corrected chi connectivity index (χ4v) is 3.69. The summed E-state index contributed by atoms with van der Waals surface area (Å²) in [5.74, 6) is 6.77. The van der Waals surface area contributed by atoms with Crippen molar-refractivity contribution in [1.29, 1.82) is 0 Å². The molecule has 0 saturated heterocycles. The van der Waals surface area contributed by atoms with Gasteiger partial charge in [-0.05, 0) is 61.1 Å². The van der Waals surface area contributed by atoms with E-state index in [-0.39, 0.29) is 12.5 Å². The molecule has 160 valence electrons. The SMILES string of the molecule is CN(N)/C(CNC(=O)Cc1ccccc1)=C(\N)c1ccc(OC2CCCCC2)cc1. The predicted octanol–water partition coefficient (Wildman–Crippen LogP) is 3.19. The largest absolute Gasteiger partial charge is 0.490 e. The summed E-state index contributed by atoms with van der Waals surface area (Å²) in [6.45, 7) is 0.255. The zero-order chi connectivity index (χ0) is 21.3. The lowest BCUT2D eigenvalue weighted by Crippen LogP contribution is -2.36. The van der Waals surface area contributed by atoms with Gasteiger partial charge in [0.25, 0.3) is 0 Å². The molecule has 1 aliphatic carbocycles. The van der Waals surface area contributed by atoms with Crippen LogP contribution >= 0.6 is 0 Å². The first kappa shape index (κ1) is 21.7. The summed E-state index contributed by atoms with van der Waals surface area (Å²) >= 11 is 0. The molecule has 5 N–H and O–H groups in total. The van der Waals surface area contributed by atoms with Crippen molar-refractivity contribution in [1.82, 2.24) is 10.3 Å². The third-order valence-electron chi connectivity index (χ3n) is 5.42. The molecule has 6 nitrogen and oxygen atoms in total. The summed E-state index contributed by atoms with van der Waals surface area (Å²) in [4.78, 5) is 12.3. The van der Waals surface area contributed by atoms with Crippen LogP contribution in [0.5, 0.6) is 5.75 Å².